The number of thiophene rings is 1. The fourth-order valence-electron chi connectivity index (χ4n) is 3.66. The van der Waals surface area contributed by atoms with E-state index in [-0.39, 0.29) is 12.1 Å². The van der Waals surface area contributed by atoms with Gasteiger partial charge in [-0.2, -0.15) is 0 Å². The summed E-state index contributed by atoms with van der Waals surface area (Å²) in [7, 11) is 3.21. The molecule has 2 aromatic rings. The first kappa shape index (κ1) is 21.5. The first-order chi connectivity index (χ1) is 14.1. The van der Waals surface area contributed by atoms with Gasteiger partial charge in [0.05, 0.1) is 20.3 Å². The number of carbonyl (C=O) groups excluding carboxylic acids is 1. The van der Waals surface area contributed by atoms with Crippen molar-refractivity contribution in [3.63, 3.8) is 0 Å². The summed E-state index contributed by atoms with van der Waals surface area (Å²) in [6, 6.07) is 9.96. The minimum atomic E-state index is -0.160. The summed E-state index contributed by atoms with van der Waals surface area (Å²) in [5.74, 6) is 2.12. The lowest BCUT2D eigenvalue weighted by molar-refractivity contribution is 0.138. The second-order valence-electron chi connectivity index (χ2n) is 7.50. The first-order valence-electron chi connectivity index (χ1n) is 10.1. The highest BCUT2D eigenvalue weighted by molar-refractivity contribution is 7.10. The standard InChI is InChI=1S/C22H31N3O3S/c1-16-8-10-25(11-9-16)18(21-5-4-12-29-21)15-24-22(26)23-14-17-6-7-19(27-2)20(13-17)28-3/h4-7,12-13,16,18H,8-11,14-15H2,1-3H3,(H2,23,24,26)/t18-/m1/s1. The molecule has 7 heteroatoms. The molecule has 3 rings (SSSR count). The largest absolute Gasteiger partial charge is 0.493 e. The van der Waals surface area contributed by atoms with Crippen LogP contribution in [-0.2, 0) is 6.54 Å². The van der Waals surface area contributed by atoms with Gasteiger partial charge >= 0.3 is 6.03 Å². The maximum absolute atomic E-state index is 12.4. The fraction of sp³-hybridized carbons (Fsp3) is 0.500. The van der Waals surface area contributed by atoms with Crippen molar-refractivity contribution in [3.05, 3.63) is 46.2 Å². The van der Waals surface area contributed by atoms with Gasteiger partial charge in [-0.3, -0.25) is 4.90 Å². The molecule has 0 aliphatic carbocycles. The van der Waals surface area contributed by atoms with E-state index < -0.39 is 0 Å². The number of hydrogen-bond acceptors (Lipinski definition) is 5. The molecule has 2 N–H and O–H groups in total. The zero-order valence-corrected chi connectivity index (χ0v) is 18.3. The summed E-state index contributed by atoms with van der Waals surface area (Å²) < 4.78 is 10.6. The van der Waals surface area contributed by atoms with Crippen LogP contribution in [-0.4, -0.2) is 44.8 Å². The quantitative estimate of drug-likeness (QED) is 0.681. The van der Waals surface area contributed by atoms with Crippen LogP contribution in [0.1, 0.15) is 36.2 Å². The zero-order chi connectivity index (χ0) is 20.6. The summed E-state index contributed by atoms with van der Waals surface area (Å²) in [5.41, 5.74) is 0.956. The fourth-order valence-corrected chi connectivity index (χ4v) is 4.52. The van der Waals surface area contributed by atoms with Gasteiger partial charge in [-0.1, -0.05) is 19.1 Å². The van der Waals surface area contributed by atoms with Crippen LogP contribution < -0.4 is 20.1 Å². The monoisotopic (exact) mass is 417 g/mol. The summed E-state index contributed by atoms with van der Waals surface area (Å²) in [5, 5.41) is 8.10. The number of nitrogens with one attached hydrogen (secondary N) is 2. The van der Waals surface area contributed by atoms with Gasteiger partial charge in [0.25, 0.3) is 0 Å². The maximum Gasteiger partial charge on any atom is 0.315 e. The molecule has 1 saturated heterocycles. The van der Waals surface area contributed by atoms with E-state index in [0.29, 0.717) is 24.6 Å². The minimum absolute atomic E-state index is 0.160. The highest BCUT2D eigenvalue weighted by Gasteiger charge is 2.25. The molecule has 1 fully saturated rings. The number of carbonyl (C=O) groups is 1. The van der Waals surface area contributed by atoms with Crippen LogP contribution in [0.15, 0.2) is 35.7 Å². The second-order valence-corrected chi connectivity index (χ2v) is 8.48. The number of ether oxygens (including phenoxy) is 2. The van der Waals surface area contributed by atoms with Crippen LogP contribution in [0, 0.1) is 5.92 Å². The number of rotatable bonds is 8. The van der Waals surface area contributed by atoms with E-state index in [4.69, 9.17) is 9.47 Å². The summed E-state index contributed by atoms with van der Waals surface area (Å²) in [6.45, 7) is 5.51. The SMILES string of the molecule is COc1ccc(CNC(=O)NC[C@H](c2cccs2)N2CCC(C)CC2)cc1OC. The number of piperidine rings is 1. The summed E-state index contributed by atoms with van der Waals surface area (Å²) >= 11 is 1.76. The van der Waals surface area contributed by atoms with Gasteiger partial charge in [0.1, 0.15) is 0 Å². The van der Waals surface area contributed by atoms with Crippen LogP contribution in [0.3, 0.4) is 0 Å². The molecule has 158 valence electrons. The molecule has 1 aromatic carbocycles. The Morgan fingerprint density at radius 2 is 1.93 bits per heavy atom. The van der Waals surface area contributed by atoms with Crippen molar-refractivity contribution < 1.29 is 14.3 Å². The maximum atomic E-state index is 12.4. The molecule has 0 bridgehead atoms. The van der Waals surface area contributed by atoms with Crippen LogP contribution in [0.5, 0.6) is 11.5 Å². The van der Waals surface area contributed by atoms with Gasteiger partial charge in [-0.25, -0.2) is 4.79 Å². The third-order valence-electron chi connectivity index (χ3n) is 5.49. The predicted molar refractivity (Wildman–Crippen MR) is 117 cm³/mol. The van der Waals surface area contributed by atoms with E-state index in [2.05, 4.69) is 40.0 Å². The van der Waals surface area contributed by atoms with Gasteiger partial charge in [0.15, 0.2) is 11.5 Å². The van der Waals surface area contributed by atoms with Gasteiger partial charge in [-0.15, -0.1) is 11.3 Å². The Balaban J connectivity index is 1.53. The molecule has 29 heavy (non-hydrogen) atoms. The third-order valence-corrected chi connectivity index (χ3v) is 6.46. The van der Waals surface area contributed by atoms with E-state index in [9.17, 15) is 4.79 Å². The van der Waals surface area contributed by atoms with Crippen molar-refractivity contribution in [1.29, 1.82) is 0 Å². The molecule has 1 aliphatic rings. The Morgan fingerprint density at radius 3 is 2.59 bits per heavy atom. The topological polar surface area (TPSA) is 62.8 Å². The van der Waals surface area contributed by atoms with Crippen molar-refractivity contribution in [3.8, 4) is 11.5 Å². The number of nitrogens with zero attached hydrogens (tertiary/aromatic N) is 1. The predicted octanol–water partition coefficient (Wildman–Crippen LogP) is 4.04. The third kappa shape index (κ3) is 5.87. The average molecular weight is 418 g/mol. The molecule has 1 atom stereocenters. The van der Waals surface area contributed by atoms with Crippen molar-refractivity contribution in [1.82, 2.24) is 15.5 Å². The molecule has 0 spiro atoms. The molecule has 0 unspecified atom stereocenters. The van der Waals surface area contributed by atoms with Crippen LogP contribution in [0.25, 0.3) is 0 Å². The Kier molecular flexibility index (Phi) is 7.77. The molecule has 2 amide bonds. The lowest BCUT2D eigenvalue weighted by Gasteiger charge is -2.36. The lowest BCUT2D eigenvalue weighted by Crippen LogP contribution is -2.44. The van der Waals surface area contributed by atoms with Crippen LogP contribution >= 0.6 is 11.3 Å². The van der Waals surface area contributed by atoms with Crippen molar-refractivity contribution in [2.24, 2.45) is 5.92 Å². The second kappa shape index (κ2) is 10.5. The Hall–Kier alpha value is -2.25. The Bertz CT molecular complexity index is 774. The zero-order valence-electron chi connectivity index (χ0n) is 17.4. The number of methoxy groups -OCH3 is 2. The summed E-state index contributed by atoms with van der Waals surface area (Å²) in [4.78, 5) is 16.2. The highest BCUT2D eigenvalue weighted by atomic mass is 32.1. The molecular formula is C22H31N3O3S. The molecule has 2 heterocycles. The van der Waals surface area contributed by atoms with Crippen molar-refractivity contribution in [2.45, 2.75) is 32.4 Å². The van der Waals surface area contributed by atoms with E-state index in [1.54, 1.807) is 25.6 Å². The van der Waals surface area contributed by atoms with E-state index >= 15 is 0 Å². The Labute approximate surface area is 177 Å². The molecule has 6 nitrogen and oxygen atoms in total. The molecule has 0 saturated carbocycles. The number of likely N-dealkylation sites (tertiary alicyclic amines) is 1. The van der Waals surface area contributed by atoms with Gasteiger partial charge in [0.2, 0.25) is 0 Å². The summed E-state index contributed by atoms with van der Waals surface area (Å²) in [6.07, 6.45) is 2.43. The van der Waals surface area contributed by atoms with Crippen LogP contribution in [0.2, 0.25) is 0 Å². The lowest BCUT2D eigenvalue weighted by atomic mass is 9.97. The van der Waals surface area contributed by atoms with Crippen molar-refractivity contribution >= 4 is 17.4 Å². The molecular weight excluding hydrogens is 386 g/mol. The molecule has 1 aromatic heterocycles. The van der Waals surface area contributed by atoms with Gasteiger partial charge in [0, 0.05) is 18.0 Å². The number of urea groups is 1. The average Bonchev–Trinajstić information content (AvgIpc) is 3.28. The van der Waals surface area contributed by atoms with E-state index in [0.717, 1.165) is 24.6 Å². The smallest absolute Gasteiger partial charge is 0.315 e. The minimum Gasteiger partial charge on any atom is -0.493 e. The number of hydrogen-bond donors (Lipinski definition) is 2. The van der Waals surface area contributed by atoms with Crippen LogP contribution in [0.4, 0.5) is 4.79 Å². The van der Waals surface area contributed by atoms with Gasteiger partial charge in [-0.05, 0) is 61.0 Å². The normalized spacial score (nSPS) is 16.2. The van der Waals surface area contributed by atoms with E-state index in [1.165, 1.54) is 17.7 Å². The molecule has 1 aliphatic heterocycles. The van der Waals surface area contributed by atoms with Crippen molar-refractivity contribution in [2.75, 3.05) is 33.9 Å². The highest BCUT2D eigenvalue weighted by Crippen LogP contribution is 2.29. The van der Waals surface area contributed by atoms with E-state index in [1.807, 2.05) is 18.2 Å². The van der Waals surface area contributed by atoms with Gasteiger partial charge < -0.3 is 20.1 Å². The molecule has 0 radical (unpaired) electrons. The Morgan fingerprint density at radius 1 is 1.17 bits per heavy atom. The number of benzene rings is 1. The first-order valence-corrected chi connectivity index (χ1v) is 11.0. The number of amides is 2.